The van der Waals surface area contributed by atoms with Crippen LogP contribution in [0.15, 0.2) is 0 Å². The molecule has 0 radical (unpaired) electrons. The molecule has 0 spiro atoms. The van der Waals surface area contributed by atoms with E-state index in [-0.39, 0.29) is 0 Å². The lowest BCUT2D eigenvalue weighted by Crippen LogP contribution is -2.37. The minimum atomic E-state index is -2.33. The summed E-state index contributed by atoms with van der Waals surface area (Å²) in [7, 11) is 0. The van der Waals surface area contributed by atoms with Crippen molar-refractivity contribution in [2.75, 3.05) is 0 Å². The van der Waals surface area contributed by atoms with Crippen molar-refractivity contribution in [2.45, 2.75) is 45.4 Å². The van der Waals surface area contributed by atoms with Gasteiger partial charge in [0.1, 0.15) is 0 Å². The topological polar surface area (TPSA) is 63.2 Å². The van der Waals surface area contributed by atoms with Crippen LogP contribution in [-0.2, 0) is 0 Å². The lowest BCUT2D eigenvalue weighted by molar-refractivity contribution is -0.415. The fourth-order valence-electron chi connectivity index (χ4n) is 1.60. The molecule has 0 heterocycles. The smallest absolute Gasteiger partial charge is 0.0417 e. The molecule has 0 aromatic heterocycles. The molecule has 0 bridgehead atoms. The van der Waals surface area contributed by atoms with Crippen LogP contribution < -0.4 is 10.2 Å². The van der Waals surface area contributed by atoms with Crippen LogP contribution in [0.3, 0.4) is 0 Å². The van der Waals surface area contributed by atoms with Crippen molar-refractivity contribution in [3.05, 3.63) is 0 Å². The second-order valence-electron chi connectivity index (χ2n) is 3.16. The first kappa shape index (κ1) is 11.3. The maximum absolute atomic E-state index is 8.33. The molecule has 1 fully saturated rings. The summed E-state index contributed by atoms with van der Waals surface area (Å²) in [5, 5.41) is 16.7. The van der Waals surface area contributed by atoms with E-state index in [4.69, 9.17) is 15.0 Å². The molecular formula is C9H16O3-2. The average Bonchev–Trinajstić information content (AvgIpc) is 2.05. The maximum Gasteiger partial charge on any atom is -0.0417 e. The fraction of sp³-hybridized carbons (Fsp3) is 0.889. The van der Waals surface area contributed by atoms with Crippen molar-refractivity contribution in [1.82, 2.24) is 0 Å². The minimum absolute atomic E-state index is 1.09. The molecule has 0 atom stereocenters. The largest absolute Gasteiger partial charge is 0.652 e. The van der Waals surface area contributed by atoms with Crippen molar-refractivity contribution >= 4 is 6.16 Å². The Morgan fingerprint density at radius 2 is 1.67 bits per heavy atom. The van der Waals surface area contributed by atoms with E-state index >= 15 is 0 Å². The van der Waals surface area contributed by atoms with Crippen LogP contribution in [0, 0.1) is 5.92 Å². The average molecular weight is 172 g/mol. The third-order valence-corrected chi connectivity index (χ3v) is 2.30. The van der Waals surface area contributed by atoms with Gasteiger partial charge in [0.25, 0.3) is 0 Å². The molecule has 0 aromatic carbocycles. The number of carboxylic acid groups (broad SMARTS) is 2. The van der Waals surface area contributed by atoms with Crippen molar-refractivity contribution in [3.8, 4) is 0 Å². The van der Waals surface area contributed by atoms with Gasteiger partial charge in [-0.2, -0.15) is 0 Å². The third kappa shape index (κ3) is 7.38. The standard InChI is InChI=1S/C8H16.CH2O3/c1-2-8-6-4-3-5-7-8;2-1(3)4/h8H,2-7H2,1H3;(H2,2,3,4)/p-2. The van der Waals surface area contributed by atoms with Crippen LogP contribution in [0.25, 0.3) is 0 Å². The number of hydrogen-bond donors (Lipinski definition) is 0. The summed E-state index contributed by atoms with van der Waals surface area (Å²) in [6, 6.07) is 0. The Kier molecular flexibility index (Phi) is 6.53. The first-order valence-electron chi connectivity index (χ1n) is 4.54. The predicted molar refractivity (Wildman–Crippen MR) is 42.3 cm³/mol. The highest BCUT2D eigenvalue weighted by molar-refractivity contribution is 5.47. The summed E-state index contributed by atoms with van der Waals surface area (Å²) >= 11 is 0. The Morgan fingerprint density at radius 3 is 1.92 bits per heavy atom. The molecule has 1 saturated carbocycles. The van der Waals surface area contributed by atoms with Gasteiger partial charge in [-0.05, 0) is 12.1 Å². The lowest BCUT2D eigenvalue weighted by Gasteiger charge is -2.18. The van der Waals surface area contributed by atoms with Gasteiger partial charge >= 0.3 is 0 Å². The van der Waals surface area contributed by atoms with Gasteiger partial charge < -0.3 is 15.0 Å². The SMILES string of the molecule is CCC1CCCCC1.O=C([O-])[O-]. The molecular weight excluding hydrogens is 156 g/mol. The summed E-state index contributed by atoms with van der Waals surface area (Å²) in [6.45, 7) is 2.32. The third-order valence-electron chi connectivity index (χ3n) is 2.30. The van der Waals surface area contributed by atoms with Gasteiger partial charge in [0.05, 0.1) is 0 Å². The summed E-state index contributed by atoms with van der Waals surface area (Å²) in [5.41, 5.74) is 0. The number of carbonyl (C=O) groups is 1. The Bertz CT molecular complexity index is 113. The summed E-state index contributed by atoms with van der Waals surface area (Å²) in [4.78, 5) is 8.33. The molecule has 0 unspecified atom stereocenters. The van der Waals surface area contributed by atoms with E-state index in [2.05, 4.69) is 6.92 Å². The minimum Gasteiger partial charge on any atom is -0.652 e. The van der Waals surface area contributed by atoms with Crippen molar-refractivity contribution in [1.29, 1.82) is 0 Å². The Balaban J connectivity index is 0.000000261. The molecule has 3 heteroatoms. The highest BCUT2D eigenvalue weighted by Crippen LogP contribution is 2.25. The van der Waals surface area contributed by atoms with Gasteiger partial charge in [-0.1, -0.05) is 45.4 Å². The zero-order valence-corrected chi connectivity index (χ0v) is 7.54. The quantitative estimate of drug-likeness (QED) is 0.579. The molecule has 3 nitrogen and oxygen atoms in total. The molecule has 12 heavy (non-hydrogen) atoms. The van der Waals surface area contributed by atoms with E-state index in [1.165, 1.54) is 38.5 Å². The monoisotopic (exact) mass is 172 g/mol. The Morgan fingerprint density at radius 1 is 1.25 bits per heavy atom. The summed E-state index contributed by atoms with van der Waals surface area (Å²) < 4.78 is 0. The fourth-order valence-corrected chi connectivity index (χ4v) is 1.60. The molecule has 0 aromatic rings. The number of rotatable bonds is 1. The molecule has 0 amide bonds. The van der Waals surface area contributed by atoms with Gasteiger partial charge in [0.15, 0.2) is 0 Å². The van der Waals surface area contributed by atoms with E-state index in [1.54, 1.807) is 0 Å². The number of hydrogen-bond acceptors (Lipinski definition) is 3. The van der Waals surface area contributed by atoms with Gasteiger partial charge in [-0.3, -0.25) is 0 Å². The normalized spacial score (nSPS) is 17.8. The van der Waals surface area contributed by atoms with Crippen LogP contribution in [0.4, 0.5) is 4.79 Å². The maximum atomic E-state index is 8.33. The van der Waals surface area contributed by atoms with E-state index in [9.17, 15) is 0 Å². The predicted octanol–water partition coefficient (Wildman–Crippen LogP) is 0.530. The first-order valence-corrected chi connectivity index (χ1v) is 4.54. The van der Waals surface area contributed by atoms with Crippen LogP contribution in [0.5, 0.6) is 0 Å². The second-order valence-corrected chi connectivity index (χ2v) is 3.16. The molecule has 0 aliphatic heterocycles. The second kappa shape index (κ2) is 6.95. The molecule has 0 N–H and O–H groups in total. The van der Waals surface area contributed by atoms with Gasteiger partial charge in [0, 0.05) is 0 Å². The van der Waals surface area contributed by atoms with E-state index in [0.717, 1.165) is 5.92 Å². The van der Waals surface area contributed by atoms with Crippen LogP contribution in [0.1, 0.15) is 45.4 Å². The Labute approximate surface area is 73.4 Å². The molecule has 72 valence electrons. The van der Waals surface area contributed by atoms with Crippen molar-refractivity contribution in [2.24, 2.45) is 5.92 Å². The first-order chi connectivity index (χ1) is 5.66. The van der Waals surface area contributed by atoms with Gasteiger partial charge in [-0.15, -0.1) is 0 Å². The molecule has 0 saturated heterocycles. The summed E-state index contributed by atoms with van der Waals surface area (Å²) in [5.74, 6) is 1.09. The van der Waals surface area contributed by atoms with Crippen LogP contribution in [-0.4, -0.2) is 6.16 Å². The zero-order chi connectivity index (χ0) is 9.40. The molecule has 1 rings (SSSR count). The van der Waals surface area contributed by atoms with E-state index < -0.39 is 6.16 Å². The summed E-state index contributed by atoms with van der Waals surface area (Å²) in [6.07, 6.45) is 6.60. The Hall–Kier alpha value is -0.730. The number of carbonyl (C=O) groups excluding carboxylic acids is 1. The van der Waals surface area contributed by atoms with Crippen molar-refractivity contribution in [3.63, 3.8) is 0 Å². The van der Waals surface area contributed by atoms with Crippen LogP contribution >= 0.6 is 0 Å². The highest BCUT2D eigenvalue weighted by atomic mass is 16.6. The highest BCUT2D eigenvalue weighted by Gasteiger charge is 2.09. The van der Waals surface area contributed by atoms with Gasteiger partial charge in [-0.25, -0.2) is 0 Å². The van der Waals surface area contributed by atoms with Gasteiger partial charge in [0.2, 0.25) is 0 Å². The lowest BCUT2D eigenvalue weighted by atomic mass is 9.88. The molecule has 1 aliphatic carbocycles. The van der Waals surface area contributed by atoms with E-state index in [1.807, 2.05) is 0 Å². The van der Waals surface area contributed by atoms with E-state index in [0.29, 0.717) is 0 Å². The zero-order valence-electron chi connectivity index (χ0n) is 7.54. The van der Waals surface area contributed by atoms with Crippen LogP contribution in [0.2, 0.25) is 0 Å². The molecule has 1 aliphatic rings. The van der Waals surface area contributed by atoms with Crippen molar-refractivity contribution < 1.29 is 15.0 Å².